The highest BCUT2D eigenvalue weighted by molar-refractivity contribution is 5.98. The van der Waals surface area contributed by atoms with Gasteiger partial charge in [0, 0.05) is 44.8 Å². The number of anilines is 2. The molecule has 4 heterocycles. The number of nitrogens with one attached hydrogen (secondary N) is 1. The molecule has 0 aliphatic carbocycles. The van der Waals surface area contributed by atoms with E-state index in [1.54, 1.807) is 30.7 Å². The Balaban J connectivity index is 1.32. The average molecular weight is 339 g/mol. The maximum Gasteiger partial charge on any atom is 0.259 e. The molecule has 25 heavy (non-hydrogen) atoms. The minimum absolute atomic E-state index is 0.122. The second kappa shape index (κ2) is 6.81. The summed E-state index contributed by atoms with van der Waals surface area (Å²) in [6, 6.07) is 5.39. The first-order valence-corrected chi connectivity index (χ1v) is 8.04. The Morgan fingerprint density at radius 3 is 2.64 bits per heavy atom. The van der Waals surface area contributed by atoms with Gasteiger partial charge in [0.1, 0.15) is 0 Å². The van der Waals surface area contributed by atoms with Crippen molar-refractivity contribution in [2.24, 2.45) is 0 Å². The molecule has 4 rings (SSSR count). The second-order valence-electron chi connectivity index (χ2n) is 5.75. The van der Waals surface area contributed by atoms with E-state index >= 15 is 0 Å². The highest BCUT2D eigenvalue weighted by Crippen LogP contribution is 2.20. The zero-order chi connectivity index (χ0) is 17.1. The van der Waals surface area contributed by atoms with Gasteiger partial charge in [-0.1, -0.05) is 5.16 Å². The van der Waals surface area contributed by atoms with Crippen LogP contribution in [0.2, 0.25) is 0 Å². The lowest BCUT2D eigenvalue weighted by Crippen LogP contribution is -2.49. The molecule has 1 N–H and O–H groups in total. The van der Waals surface area contributed by atoms with Gasteiger partial charge in [0.05, 0.1) is 11.9 Å². The molecule has 1 amide bonds. The van der Waals surface area contributed by atoms with Crippen LogP contribution in [0.1, 0.15) is 0 Å². The minimum Gasteiger partial charge on any atom is -0.338 e. The number of pyridine rings is 1. The van der Waals surface area contributed by atoms with Gasteiger partial charge in [-0.05, 0) is 18.2 Å². The van der Waals surface area contributed by atoms with Crippen LogP contribution in [-0.2, 0) is 4.79 Å². The third-order valence-corrected chi connectivity index (χ3v) is 4.08. The monoisotopic (exact) mass is 339 g/mol. The largest absolute Gasteiger partial charge is 0.338 e. The molecule has 0 unspecified atom stereocenters. The summed E-state index contributed by atoms with van der Waals surface area (Å²) >= 11 is 0. The summed E-state index contributed by atoms with van der Waals surface area (Å²) in [5.41, 5.74) is 0.411. The lowest BCUT2D eigenvalue weighted by Gasteiger charge is -2.34. The molecule has 0 radical (unpaired) electrons. The van der Waals surface area contributed by atoms with Crippen LogP contribution in [0.5, 0.6) is 0 Å². The zero-order valence-corrected chi connectivity index (χ0v) is 13.5. The van der Waals surface area contributed by atoms with Crippen LogP contribution in [0, 0.1) is 0 Å². The van der Waals surface area contributed by atoms with Crippen molar-refractivity contribution in [3.63, 3.8) is 0 Å². The Labute approximate surface area is 143 Å². The SMILES string of the molecule is O=C(CN1CCN(c2ncccn2)CC1)Nc1noc2ncccc12. The van der Waals surface area contributed by atoms with Crippen molar-refractivity contribution in [3.05, 3.63) is 36.8 Å². The van der Waals surface area contributed by atoms with Gasteiger partial charge in [-0.15, -0.1) is 0 Å². The molecule has 0 spiro atoms. The van der Waals surface area contributed by atoms with E-state index in [-0.39, 0.29) is 5.91 Å². The van der Waals surface area contributed by atoms with Crippen molar-refractivity contribution >= 4 is 28.8 Å². The van der Waals surface area contributed by atoms with Crippen molar-refractivity contribution in [1.29, 1.82) is 0 Å². The summed E-state index contributed by atoms with van der Waals surface area (Å²) in [6.45, 7) is 3.42. The minimum atomic E-state index is -0.122. The van der Waals surface area contributed by atoms with Gasteiger partial charge < -0.3 is 14.7 Å². The zero-order valence-electron chi connectivity index (χ0n) is 13.5. The topological polar surface area (TPSA) is 100 Å². The fourth-order valence-electron chi connectivity index (χ4n) is 2.81. The Kier molecular flexibility index (Phi) is 4.21. The Bertz CT molecular complexity index is 859. The molecule has 128 valence electrons. The molecule has 1 aliphatic rings. The smallest absolute Gasteiger partial charge is 0.259 e. The first kappa shape index (κ1) is 15.5. The van der Waals surface area contributed by atoms with Crippen molar-refractivity contribution in [2.45, 2.75) is 0 Å². The molecule has 0 bridgehead atoms. The number of rotatable bonds is 4. The number of hydrogen-bond donors (Lipinski definition) is 1. The third kappa shape index (κ3) is 3.41. The van der Waals surface area contributed by atoms with E-state index in [2.05, 4.69) is 35.2 Å². The summed E-state index contributed by atoms with van der Waals surface area (Å²) in [4.78, 5) is 29.1. The molecule has 1 aliphatic heterocycles. The van der Waals surface area contributed by atoms with Crippen molar-refractivity contribution in [1.82, 2.24) is 25.0 Å². The maximum atomic E-state index is 12.3. The van der Waals surface area contributed by atoms with E-state index in [4.69, 9.17) is 4.52 Å². The van der Waals surface area contributed by atoms with Crippen LogP contribution in [0.4, 0.5) is 11.8 Å². The van der Waals surface area contributed by atoms with Crippen molar-refractivity contribution in [3.8, 4) is 0 Å². The summed E-state index contributed by atoms with van der Waals surface area (Å²) < 4.78 is 5.09. The number of nitrogens with zero attached hydrogens (tertiary/aromatic N) is 6. The number of aromatic nitrogens is 4. The van der Waals surface area contributed by atoms with Crippen molar-refractivity contribution < 1.29 is 9.32 Å². The molecular formula is C16H17N7O2. The highest BCUT2D eigenvalue weighted by Gasteiger charge is 2.21. The molecule has 3 aromatic rings. The molecule has 3 aromatic heterocycles. The molecule has 0 aromatic carbocycles. The van der Waals surface area contributed by atoms with Gasteiger partial charge in [-0.25, -0.2) is 15.0 Å². The highest BCUT2D eigenvalue weighted by atomic mass is 16.5. The Morgan fingerprint density at radius 1 is 1.08 bits per heavy atom. The molecule has 0 atom stereocenters. The number of fused-ring (bicyclic) bond motifs is 1. The Hall–Kier alpha value is -3.07. The van der Waals surface area contributed by atoms with Gasteiger partial charge in [-0.2, -0.15) is 0 Å². The fourth-order valence-corrected chi connectivity index (χ4v) is 2.81. The summed E-state index contributed by atoms with van der Waals surface area (Å²) in [5, 5.41) is 7.35. The summed E-state index contributed by atoms with van der Waals surface area (Å²) in [6.07, 6.45) is 5.09. The predicted octanol–water partition coefficient (Wildman–Crippen LogP) is 0.773. The van der Waals surface area contributed by atoms with E-state index in [0.29, 0.717) is 23.5 Å². The van der Waals surface area contributed by atoms with Gasteiger partial charge >= 0.3 is 0 Å². The lowest BCUT2D eigenvalue weighted by molar-refractivity contribution is -0.117. The fraction of sp³-hybridized carbons (Fsp3) is 0.312. The van der Waals surface area contributed by atoms with E-state index < -0.39 is 0 Å². The van der Waals surface area contributed by atoms with Crippen LogP contribution in [0.3, 0.4) is 0 Å². The quantitative estimate of drug-likeness (QED) is 0.744. The summed E-state index contributed by atoms with van der Waals surface area (Å²) in [5.74, 6) is 1.01. The predicted molar refractivity (Wildman–Crippen MR) is 91.1 cm³/mol. The number of carbonyl (C=O) groups excluding carboxylic acids is 1. The first-order valence-electron chi connectivity index (χ1n) is 8.04. The third-order valence-electron chi connectivity index (χ3n) is 4.08. The number of carbonyl (C=O) groups is 1. The molecule has 1 saturated heterocycles. The van der Waals surface area contributed by atoms with E-state index in [0.717, 1.165) is 32.1 Å². The molecule has 9 nitrogen and oxygen atoms in total. The van der Waals surface area contributed by atoms with Crippen LogP contribution >= 0.6 is 0 Å². The van der Waals surface area contributed by atoms with Gasteiger partial charge in [0.15, 0.2) is 5.82 Å². The van der Waals surface area contributed by atoms with Gasteiger partial charge in [0.25, 0.3) is 5.71 Å². The van der Waals surface area contributed by atoms with E-state index in [1.165, 1.54) is 0 Å². The molecular weight excluding hydrogens is 322 g/mol. The molecule has 9 heteroatoms. The first-order chi connectivity index (χ1) is 12.3. The second-order valence-corrected chi connectivity index (χ2v) is 5.75. The molecule has 0 saturated carbocycles. The van der Waals surface area contributed by atoms with Crippen LogP contribution in [-0.4, -0.2) is 63.6 Å². The normalized spacial score (nSPS) is 15.4. The number of piperazine rings is 1. The van der Waals surface area contributed by atoms with Gasteiger partial charge in [-0.3, -0.25) is 9.69 Å². The van der Waals surface area contributed by atoms with Crippen molar-refractivity contribution in [2.75, 3.05) is 42.9 Å². The maximum absolute atomic E-state index is 12.3. The average Bonchev–Trinajstić information content (AvgIpc) is 3.06. The summed E-state index contributed by atoms with van der Waals surface area (Å²) in [7, 11) is 0. The lowest BCUT2D eigenvalue weighted by atomic mass is 10.3. The van der Waals surface area contributed by atoms with E-state index in [9.17, 15) is 4.79 Å². The van der Waals surface area contributed by atoms with Crippen LogP contribution in [0.25, 0.3) is 11.1 Å². The van der Waals surface area contributed by atoms with Crippen LogP contribution < -0.4 is 10.2 Å². The van der Waals surface area contributed by atoms with Crippen LogP contribution in [0.15, 0.2) is 41.3 Å². The standard InChI is InChI=1S/C16H17N7O2/c24-13(20-14-12-3-1-4-17-15(12)25-21-14)11-22-7-9-23(10-8-22)16-18-5-2-6-19-16/h1-6H,7-11H2,(H,20,21,24). The van der Waals surface area contributed by atoms with E-state index in [1.807, 2.05) is 6.07 Å². The Morgan fingerprint density at radius 2 is 1.84 bits per heavy atom. The number of hydrogen-bond acceptors (Lipinski definition) is 8. The number of amides is 1. The van der Waals surface area contributed by atoms with Gasteiger partial charge in [0.2, 0.25) is 11.9 Å². The molecule has 1 fully saturated rings.